The van der Waals surface area contributed by atoms with Crippen LogP contribution in [0.15, 0.2) is 18.2 Å². The van der Waals surface area contributed by atoms with Crippen LogP contribution in [-0.2, 0) is 6.42 Å². The number of para-hydroxylation sites is 1. The zero-order valence-corrected chi connectivity index (χ0v) is 9.79. The van der Waals surface area contributed by atoms with Crippen LogP contribution in [-0.4, -0.2) is 22.6 Å². The molecule has 0 bridgehead atoms. The van der Waals surface area contributed by atoms with Crippen LogP contribution < -0.4 is 5.73 Å². The van der Waals surface area contributed by atoms with E-state index in [0.717, 1.165) is 23.9 Å². The second kappa shape index (κ2) is 4.59. The highest BCUT2D eigenvalue weighted by Crippen LogP contribution is 2.26. The quantitative estimate of drug-likeness (QED) is 0.755. The molecular formula is C13H16N2O2. The van der Waals surface area contributed by atoms with Crippen molar-refractivity contribution >= 4 is 16.9 Å². The normalized spacial score (nSPS) is 10.9. The van der Waals surface area contributed by atoms with Gasteiger partial charge in [0.15, 0.2) is 0 Å². The summed E-state index contributed by atoms with van der Waals surface area (Å²) >= 11 is 0. The van der Waals surface area contributed by atoms with Gasteiger partial charge in [-0.15, -0.1) is 0 Å². The lowest BCUT2D eigenvalue weighted by Gasteiger charge is -2.00. The predicted molar refractivity (Wildman–Crippen MR) is 67.4 cm³/mol. The van der Waals surface area contributed by atoms with E-state index in [1.54, 1.807) is 12.1 Å². The van der Waals surface area contributed by atoms with E-state index >= 15 is 0 Å². The molecule has 0 amide bonds. The van der Waals surface area contributed by atoms with Crippen molar-refractivity contribution in [2.24, 2.45) is 5.73 Å². The molecule has 0 aliphatic rings. The molecule has 4 heteroatoms. The van der Waals surface area contributed by atoms with Gasteiger partial charge in [0.1, 0.15) is 0 Å². The highest BCUT2D eigenvalue weighted by atomic mass is 16.4. The molecule has 0 aliphatic carbocycles. The summed E-state index contributed by atoms with van der Waals surface area (Å²) in [5.41, 5.74) is 8.75. The maximum atomic E-state index is 11.1. The average molecular weight is 232 g/mol. The molecule has 0 fully saturated rings. The zero-order chi connectivity index (χ0) is 12.4. The number of hydrogen-bond donors (Lipinski definition) is 3. The first-order valence-corrected chi connectivity index (χ1v) is 5.68. The maximum Gasteiger partial charge on any atom is 0.337 e. The van der Waals surface area contributed by atoms with E-state index in [-0.39, 0.29) is 0 Å². The Hall–Kier alpha value is -1.81. The van der Waals surface area contributed by atoms with Gasteiger partial charge >= 0.3 is 5.97 Å². The van der Waals surface area contributed by atoms with E-state index in [1.807, 2.05) is 13.0 Å². The SMILES string of the molecule is Cc1[nH]c2c(C(=O)O)cccc2c1CCCN. The molecule has 2 rings (SSSR count). The van der Waals surface area contributed by atoms with Gasteiger partial charge in [0.05, 0.1) is 11.1 Å². The van der Waals surface area contributed by atoms with Gasteiger partial charge in [-0.25, -0.2) is 4.79 Å². The molecule has 1 aromatic heterocycles. The number of nitrogens with one attached hydrogen (secondary N) is 1. The van der Waals surface area contributed by atoms with Crippen molar-refractivity contribution in [3.63, 3.8) is 0 Å². The highest BCUT2D eigenvalue weighted by Gasteiger charge is 2.14. The Balaban J connectivity index is 2.59. The molecule has 1 heterocycles. The smallest absolute Gasteiger partial charge is 0.337 e. The number of rotatable bonds is 4. The number of H-pyrrole nitrogens is 1. The molecule has 4 N–H and O–H groups in total. The number of fused-ring (bicyclic) bond motifs is 1. The third-order valence-electron chi connectivity index (χ3n) is 3.02. The molecule has 0 atom stereocenters. The number of carboxylic acid groups (broad SMARTS) is 1. The molecule has 0 saturated heterocycles. The van der Waals surface area contributed by atoms with Crippen LogP contribution in [0.4, 0.5) is 0 Å². The van der Waals surface area contributed by atoms with Crippen LogP contribution >= 0.6 is 0 Å². The fourth-order valence-electron chi connectivity index (χ4n) is 2.18. The van der Waals surface area contributed by atoms with Gasteiger partial charge < -0.3 is 15.8 Å². The van der Waals surface area contributed by atoms with Crippen molar-refractivity contribution in [1.82, 2.24) is 4.98 Å². The monoisotopic (exact) mass is 232 g/mol. The molecule has 0 unspecified atom stereocenters. The minimum absolute atomic E-state index is 0.324. The fourth-order valence-corrected chi connectivity index (χ4v) is 2.18. The molecular weight excluding hydrogens is 216 g/mol. The molecule has 0 radical (unpaired) electrons. The van der Waals surface area contributed by atoms with Crippen LogP contribution in [0, 0.1) is 6.92 Å². The lowest BCUT2D eigenvalue weighted by molar-refractivity contribution is 0.0699. The van der Waals surface area contributed by atoms with E-state index in [4.69, 9.17) is 10.8 Å². The third kappa shape index (κ3) is 2.03. The van der Waals surface area contributed by atoms with Gasteiger partial charge in [0, 0.05) is 11.1 Å². The van der Waals surface area contributed by atoms with Crippen molar-refractivity contribution in [3.8, 4) is 0 Å². The number of carbonyl (C=O) groups is 1. The first-order valence-electron chi connectivity index (χ1n) is 5.68. The molecule has 0 aliphatic heterocycles. The molecule has 0 spiro atoms. The van der Waals surface area contributed by atoms with E-state index in [2.05, 4.69) is 4.98 Å². The minimum atomic E-state index is -0.901. The Morgan fingerprint density at radius 3 is 2.88 bits per heavy atom. The zero-order valence-electron chi connectivity index (χ0n) is 9.79. The standard InChI is InChI=1S/C13H16N2O2/c1-8-9(6-3-7-14)10-4-2-5-11(13(16)17)12(10)15-8/h2,4-5,15H,3,6-7,14H2,1H3,(H,16,17). The first kappa shape index (κ1) is 11.7. The summed E-state index contributed by atoms with van der Waals surface area (Å²) in [6.45, 7) is 2.61. The second-order valence-electron chi connectivity index (χ2n) is 4.15. The van der Waals surface area contributed by atoms with Crippen LogP contribution in [0.2, 0.25) is 0 Å². The Bertz CT molecular complexity index is 558. The third-order valence-corrected chi connectivity index (χ3v) is 3.02. The summed E-state index contributed by atoms with van der Waals surface area (Å²) < 4.78 is 0. The Morgan fingerprint density at radius 2 is 2.24 bits per heavy atom. The Kier molecular flexibility index (Phi) is 3.15. The second-order valence-corrected chi connectivity index (χ2v) is 4.15. The Labute approximate surface area is 99.4 Å². The number of nitrogens with two attached hydrogens (primary N) is 1. The summed E-state index contributed by atoms with van der Waals surface area (Å²) in [4.78, 5) is 14.3. The Morgan fingerprint density at radius 1 is 1.47 bits per heavy atom. The summed E-state index contributed by atoms with van der Waals surface area (Å²) in [6.07, 6.45) is 1.79. The molecule has 17 heavy (non-hydrogen) atoms. The predicted octanol–water partition coefficient (Wildman–Crippen LogP) is 2.07. The van der Waals surface area contributed by atoms with Crippen molar-refractivity contribution in [1.29, 1.82) is 0 Å². The lowest BCUT2D eigenvalue weighted by atomic mass is 10.0. The van der Waals surface area contributed by atoms with E-state index in [0.29, 0.717) is 17.6 Å². The number of hydrogen-bond acceptors (Lipinski definition) is 2. The van der Waals surface area contributed by atoms with Gasteiger partial charge in [-0.3, -0.25) is 0 Å². The minimum Gasteiger partial charge on any atom is -0.478 e. The van der Waals surface area contributed by atoms with E-state index in [1.165, 1.54) is 5.56 Å². The highest BCUT2D eigenvalue weighted by molar-refractivity contribution is 6.03. The number of aromatic nitrogens is 1. The van der Waals surface area contributed by atoms with Gasteiger partial charge in [-0.1, -0.05) is 12.1 Å². The van der Waals surface area contributed by atoms with Crippen LogP contribution in [0.25, 0.3) is 10.9 Å². The van der Waals surface area contributed by atoms with Crippen LogP contribution in [0.3, 0.4) is 0 Å². The average Bonchev–Trinajstić information content (AvgIpc) is 2.61. The van der Waals surface area contributed by atoms with Crippen molar-refractivity contribution < 1.29 is 9.90 Å². The number of aromatic amines is 1. The fraction of sp³-hybridized carbons (Fsp3) is 0.308. The summed E-state index contributed by atoms with van der Waals surface area (Å²) in [7, 11) is 0. The number of aromatic carboxylic acids is 1. The van der Waals surface area contributed by atoms with Gasteiger partial charge in [-0.2, -0.15) is 0 Å². The first-order chi connectivity index (χ1) is 8.15. The molecule has 90 valence electrons. The van der Waals surface area contributed by atoms with Crippen LogP contribution in [0.1, 0.15) is 28.0 Å². The number of benzene rings is 1. The number of carboxylic acids is 1. The lowest BCUT2D eigenvalue weighted by Crippen LogP contribution is -2.00. The largest absolute Gasteiger partial charge is 0.478 e. The van der Waals surface area contributed by atoms with Gasteiger partial charge in [-0.05, 0) is 37.9 Å². The van der Waals surface area contributed by atoms with E-state index < -0.39 is 5.97 Å². The molecule has 0 saturated carbocycles. The van der Waals surface area contributed by atoms with Crippen molar-refractivity contribution in [2.75, 3.05) is 6.54 Å². The maximum absolute atomic E-state index is 11.1. The van der Waals surface area contributed by atoms with Gasteiger partial charge in [0.25, 0.3) is 0 Å². The molecule has 2 aromatic rings. The van der Waals surface area contributed by atoms with Gasteiger partial charge in [0.2, 0.25) is 0 Å². The summed E-state index contributed by atoms with van der Waals surface area (Å²) in [6, 6.07) is 5.36. The molecule has 1 aromatic carbocycles. The number of aryl methyl sites for hydroxylation is 2. The summed E-state index contributed by atoms with van der Waals surface area (Å²) in [5.74, 6) is -0.901. The summed E-state index contributed by atoms with van der Waals surface area (Å²) in [5, 5.41) is 10.1. The topological polar surface area (TPSA) is 79.1 Å². The molecule has 4 nitrogen and oxygen atoms in total. The van der Waals surface area contributed by atoms with Crippen molar-refractivity contribution in [3.05, 3.63) is 35.0 Å². The van der Waals surface area contributed by atoms with Crippen LogP contribution in [0.5, 0.6) is 0 Å². The van der Waals surface area contributed by atoms with E-state index in [9.17, 15) is 4.79 Å². The van der Waals surface area contributed by atoms with Crippen molar-refractivity contribution in [2.45, 2.75) is 19.8 Å².